The van der Waals surface area contributed by atoms with E-state index in [2.05, 4.69) is 28.4 Å². The molecule has 1 saturated heterocycles. The van der Waals surface area contributed by atoms with Crippen LogP contribution in [0.2, 0.25) is 0 Å². The zero-order chi connectivity index (χ0) is 21.4. The van der Waals surface area contributed by atoms with Gasteiger partial charge in [0.1, 0.15) is 0 Å². The largest absolute Gasteiger partial charge is 0.324 e. The molecule has 1 aromatic heterocycles. The van der Waals surface area contributed by atoms with Crippen LogP contribution in [0, 0.1) is 0 Å². The third kappa shape index (κ3) is 4.07. The molecule has 6 nitrogen and oxygen atoms in total. The molecular weight excluding hydrogens is 408 g/mol. The quantitative estimate of drug-likeness (QED) is 0.670. The van der Waals surface area contributed by atoms with Crippen molar-refractivity contribution in [2.75, 3.05) is 29.9 Å². The van der Waals surface area contributed by atoms with E-state index in [9.17, 15) is 9.59 Å². The van der Waals surface area contributed by atoms with Crippen LogP contribution in [-0.4, -0.2) is 47.4 Å². The number of nitrogens with zero attached hydrogens (tertiary/aromatic N) is 3. The predicted molar refractivity (Wildman–Crippen MR) is 125 cm³/mol. The summed E-state index contributed by atoms with van der Waals surface area (Å²) in [4.78, 5) is 34.5. The number of piperidine rings is 1. The average molecular weight is 435 g/mol. The van der Waals surface area contributed by atoms with Crippen LogP contribution in [0.25, 0.3) is 10.2 Å². The molecule has 1 N–H and O–H groups in total. The van der Waals surface area contributed by atoms with Gasteiger partial charge in [-0.2, -0.15) is 0 Å². The number of hydrogen-bond donors (Lipinski definition) is 1. The Morgan fingerprint density at radius 2 is 2.00 bits per heavy atom. The molecule has 1 fully saturated rings. The molecule has 0 radical (unpaired) electrons. The lowest BCUT2D eigenvalue weighted by Crippen LogP contribution is -2.47. The molecule has 5 rings (SSSR count). The van der Waals surface area contributed by atoms with Crippen molar-refractivity contribution < 1.29 is 9.59 Å². The number of anilines is 2. The topological polar surface area (TPSA) is 65.5 Å². The lowest BCUT2D eigenvalue weighted by molar-refractivity contribution is -0.120. The Hall–Kier alpha value is -2.77. The monoisotopic (exact) mass is 434 g/mol. The second-order valence-corrected chi connectivity index (χ2v) is 9.54. The maximum Gasteiger partial charge on any atom is 0.241 e. The van der Waals surface area contributed by atoms with E-state index in [1.807, 2.05) is 37.3 Å². The number of para-hydroxylation sites is 3. The number of nitrogens with one attached hydrogen (secondary N) is 1. The molecular formula is C24H26N4O2S. The van der Waals surface area contributed by atoms with Gasteiger partial charge in [0.15, 0.2) is 0 Å². The minimum atomic E-state index is -0.180. The first-order chi connectivity index (χ1) is 15.1. The summed E-state index contributed by atoms with van der Waals surface area (Å²) in [5, 5.41) is 4.10. The van der Waals surface area contributed by atoms with Gasteiger partial charge in [0.2, 0.25) is 11.8 Å². The molecule has 0 saturated carbocycles. The van der Waals surface area contributed by atoms with Gasteiger partial charge in [0.25, 0.3) is 0 Å². The Bertz CT molecular complexity index is 1090. The molecule has 0 aliphatic carbocycles. The molecule has 2 unspecified atom stereocenters. The molecule has 2 aliphatic heterocycles. The highest BCUT2D eigenvalue weighted by Crippen LogP contribution is 2.34. The van der Waals surface area contributed by atoms with E-state index >= 15 is 0 Å². The van der Waals surface area contributed by atoms with E-state index in [0.29, 0.717) is 24.6 Å². The Balaban J connectivity index is 1.33. The van der Waals surface area contributed by atoms with Crippen LogP contribution in [0.5, 0.6) is 0 Å². The first-order valence-electron chi connectivity index (χ1n) is 10.9. The van der Waals surface area contributed by atoms with E-state index in [1.165, 1.54) is 9.71 Å². The highest BCUT2D eigenvalue weighted by atomic mass is 32.1. The van der Waals surface area contributed by atoms with Crippen LogP contribution < -0.4 is 10.2 Å². The van der Waals surface area contributed by atoms with Gasteiger partial charge in [-0.3, -0.25) is 14.5 Å². The Kier molecular flexibility index (Phi) is 5.46. The Morgan fingerprint density at radius 3 is 2.87 bits per heavy atom. The molecule has 0 bridgehead atoms. The summed E-state index contributed by atoms with van der Waals surface area (Å²) in [6, 6.07) is 15.6. The lowest BCUT2D eigenvalue weighted by atomic mass is 9.98. The van der Waals surface area contributed by atoms with Crippen molar-refractivity contribution in [1.29, 1.82) is 0 Å². The third-order valence-corrected chi connectivity index (χ3v) is 7.35. The number of benzene rings is 2. The first kappa shape index (κ1) is 20.2. The standard InChI is InChI=1S/C24H26N4O2S/c1-16-13-22(29)25-18-8-2-4-10-20(18)28(16)23(30)15-27-12-6-7-17(14-27)24-26-19-9-3-5-11-21(19)31-24/h2-5,8-11,16-17H,6-7,12-15H2,1H3,(H,25,29). The number of rotatable bonds is 3. The molecule has 2 amide bonds. The van der Waals surface area contributed by atoms with Crippen molar-refractivity contribution in [3.63, 3.8) is 0 Å². The fourth-order valence-electron chi connectivity index (χ4n) is 4.70. The summed E-state index contributed by atoms with van der Waals surface area (Å²) in [7, 11) is 0. The summed E-state index contributed by atoms with van der Waals surface area (Å²) in [6.07, 6.45) is 2.46. The van der Waals surface area contributed by atoms with Gasteiger partial charge in [-0.05, 0) is 50.6 Å². The van der Waals surface area contributed by atoms with Crippen molar-refractivity contribution in [3.8, 4) is 0 Å². The van der Waals surface area contributed by atoms with Crippen LogP contribution in [0.1, 0.15) is 37.1 Å². The molecule has 0 spiro atoms. The van der Waals surface area contributed by atoms with Gasteiger partial charge in [-0.25, -0.2) is 4.98 Å². The van der Waals surface area contributed by atoms with E-state index in [4.69, 9.17) is 4.98 Å². The van der Waals surface area contributed by atoms with Crippen molar-refractivity contribution in [3.05, 3.63) is 53.5 Å². The summed E-state index contributed by atoms with van der Waals surface area (Å²) in [6.45, 7) is 4.05. The van der Waals surface area contributed by atoms with Crippen molar-refractivity contribution in [2.45, 2.75) is 38.1 Å². The number of carbonyl (C=O) groups excluding carboxylic acids is 2. The van der Waals surface area contributed by atoms with Gasteiger partial charge < -0.3 is 10.2 Å². The first-order valence-corrected chi connectivity index (χ1v) is 11.7. The SMILES string of the molecule is CC1CC(=O)Nc2ccccc2N1C(=O)CN1CCCC(c2nc3ccccc3s2)C1. The Labute approximate surface area is 185 Å². The maximum atomic E-state index is 13.4. The molecule has 2 aromatic carbocycles. The van der Waals surface area contributed by atoms with Gasteiger partial charge in [0.05, 0.1) is 33.1 Å². The molecule has 2 atom stereocenters. The van der Waals surface area contributed by atoms with Crippen LogP contribution in [0.4, 0.5) is 11.4 Å². The van der Waals surface area contributed by atoms with Gasteiger partial charge >= 0.3 is 0 Å². The van der Waals surface area contributed by atoms with E-state index in [-0.39, 0.29) is 17.9 Å². The smallest absolute Gasteiger partial charge is 0.241 e. The molecule has 2 aliphatic rings. The fraction of sp³-hybridized carbons (Fsp3) is 0.375. The van der Waals surface area contributed by atoms with Gasteiger partial charge in [-0.15, -0.1) is 11.3 Å². The zero-order valence-corrected chi connectivity index (χ0v) is 18.4. The molecule has 3 aromatic rings. The average Bonchev–Trinajstić information content (AvgIpc) is 3.14. The van der Waals surface area contributed by atoms with E-state index in [1.54, 1.807) is 16.2 Å². The van der Waals surface area contributed by atoms with Gasteiger partial charge in [0, 0.05) is 24.9 Å². The highest BCUT2D eigenvalue weighted by molar-refractivity contribution is 7.18. The number of aromatic nitrogens is 1. The second kappa shape index (κ2) is 8.40. The van der Waals surface area contributed by atoms with Gasteiger partial charge in [-0.1, -0.05) is 24.3 Å². The van der Waals surface area contributed by atoms with Crippen LogP contribution in [-0.2, 0) is 9.59 Å². The van der Waals surface area contributed by atoms with Crippen molar-refractivity contribution in [1.82, 2.24) is 9.88 Å². The summed E-state index contributed by atoms with van der Waals surface area (Å²) >= 11 is 1.77. The molecule has 31 heavy (non-hydrogen) atoms. The number of carbonyl (C=O) groups is 2. The van der Waals surface area contributed by atoms with Crippen molar-refractivity contribution in [2.24, 2.45) is 0 Å². The molecule has 160 valence electrons. The Morgan fingerprint density at radius 1 is 1.19 bits per heavy atom. The predicted octanol–water partition coefficient (Wildman–Crippen LogP) is 4.24. The van der Waals surface area contributed by atoms with Crippen molar-refractivity contribution >= 4 is 44.7 Å². The number of amides is 2. The fourth-order valence-corrected chi connectivity index (χ4v) is 5.79. The summed E-state index contributed by atoms with van der Waals surface area (Å²) in [5.74, 6) is 0.349. The highest BCUT2D eigenvalue weighted by Gasteiger charge is 2.32. The lowest BCUT2D eigenvalue weighted by Gasteiger charge is -2.34. The molecule has 7 heteroatoms. The number of fused-ring (bicyclic) bond motifs is 2. The van der Waals surface area contributed by atoms with Crippen LogP contribution in [0.15, 0.2) is 48.5 Å². The molecule has 3 heterocycles. The van der Waals surface area contributed by atoms with Crippen LogP contribution >= 0.6 is 11.3 Å². The number of hydrogen-bond acceptors (Lipinski definition) is 5. The van der Waals surface area contributed by atoms with E-state index in [0.717, 1.165) is 37.1 Å². The van der Waals surface area contributed by atoms with E-state index < -0.39 is 0 Å². The van der Waals surface area contributed by atoms with Crippen LogP contribution in [0.3, 0.4) is 0 Å². The minimum Gasteiger partial charge on any atom is -0.324 e. The normalized spacial score (nSPS) is 22.1. The minimum absolute atomic E-state index is 0.0430. The summed E-state index contributed by atoms with van der Waals surface area (Å²) < 4.78 is 1.22. The number of likely N-dealkylation sites (tertiary alicyclic amines) is 1. The number of thiazole rings is 1. The maximum absolute atomic E-state index is 13.4. The zero-order valence-electron chi connectivity index (χ0n) is 17.6. The summed E-state index contributed by atoms with van der Waals surface area (Å²) in [5.41, 5.74) is 2.55. The second-order valence-electron chi connectivity index (χ2n) is 8.48. The third-order valence-electron chi connectivity index (χ3n) is 6.15.